The summed E-state index contributed by atoms with van der Waals surface area (Å²) in [6.45, 7) is 5.34. The van der Waals surface area contributed by atoms with E-state index in [9.17, 15) is 14.4 Å². The van der Waals surface area contributed by atoms with Crippen molar-refractivity contribution in [2.24, 2.45) is 0 Å². The Morgan fingerprint density at radius 3 is 2.10 bits per heavy atom. The van der Waals surface area contributed by atoms with Gasteiger partial charge in [0, 0.05) is 49.5 Å². The SMILES string of the molecule is CCN1C(=O)C[C@H](N2CCN(c3ccc(C(=O)c4ccccc4)cc3)CC2)C1=O. The largest absolute Gasteiger partial charge is 0.369 e. The minimum absolute atomic E-state index is 0.0202. The van der Waals surface area contributed by atoms with Crippen molar-refractivity contribution in [3.8, 4) is 0 Å². The highest BCUT2D eigenvalue weighted by Crippen LogP contribution is 2.23. The minimum atomic E-state index is -0.310. The fraction of sp³-hybridized carbons (Fsp3) is 0.348. The van der Waals surface area contributed by atoms with Crippen LogP contribution in [0.25, 0.3) is 0 Å². The van der Waals surface area contributed by atoms with Gasteiger partial charge in [-0.15, -0.1) is 0 Å². The van der Waals surface area contributed by atoms with E-state index in [0.29, 0.717) is 24.1 Å². The summed E-state index contributed by atoms with van der Waals surface area (Å²) in [5, 5.41) is 0. The number of carbonyl (C=O) groups excluding carboxylic acids is 3. The molecule has 1 atom stereocenters. The molecule has 2 aromatic carbocycles. The van der Waals surface area contributed by atoms with Crippen LogP contribution in [0.3, 0.4) is 0 Å². The molecule has 2 amide bonds. The van der Waals surface area contributed by atoms with Crippen molar-refractivity contribution in [3.05, 3.63) is 65.7 Å². The van der Waals surface area contributed by atoms with E-state index in [2.05, 4.69) is 9.80 Å². The van der Waals surface area contributed by atoms with Crippen LogP contribution in [-0.2, 0) is 9.59 Å². The smallest absolute Gasteiger partial charge is 0.247 e. The molecule has 0 spiro atoms. The van der Waals surface area contributed by atoms with Crippen molar-refractivity contribution in [3.63, 3.8) is 0 Å². The van der Waals surface area contributed by atoms with Crippen molar-refractivity contribution in [2.75, 3.05) is 37.6 Å². The van der Waals surface area contributed by atoms with E-state index in [0.717, 1.165) is 31.9 Å². The quantitative estimate of drug-likeness (QED) is 0.578. The zero-order valence-corrected chi connectivity index (χ0v) is 16.6. The van der Waals surface area contributed by atoms with Gasteiger partial charge in [0.25, 0.3) is 0 Å². The maximum atomic E-state index is 12.5. The van der Waals surface area contributed by atoms with Gasteiger partial charge < -0.3 is 4.90 Å². The molecule has 2 fully saturated rings. The topological polar surface area (TPSA) is 60.9 Å². The number of carbonyl (C=O) groups is 3. The zero-order chi connectivity index (χ0) is 20.4. The van der Waals surface area contributed by atoms with E-state index >= 15 is 0 Å². The van der Waals surface area contributed by atoms with E-state index in [1.54, 1.807) is 0 Å². The van der Waals surface area contributed by atoms with Gasteiger partial charge in [0.1, 0.15) is 0 Å². The number of hydrogen-bond donors (Lipinski definition) is 0. The molecule has 0 saturated carbocycles. The minimum Gasteiger partial charge on any atom is -0.369 e. The van der Waals surface area contributed by atoms with Gasteiger partial charge in [0.15, 0.2) is 5.78 Å². The second-order valence-corrected chi connectivity index (χ2v) is 7.46. The standard InChI is InChI=1S/C23H25N3O3/c1-2-26-21(27)16-20(23(26)29)25-14-12-24(13-15-25)19-10-8-18(9-11-19)22(28)17-6-4-3-5-7-17/h3-11,20H,2,12-16H2,1H3/t20-/m0/s1. The van der Waals surface area contributed by atoms with Gasteiger partial charge in [0.2, 0.25) is 11.8 Å². The molecule has 29 heavy (non-hydrogen) atoms. The van der Waals surface area contributed by atoms with Crippen LogP contribution in [0.2, 0.25) is 0 Å². The average Bonchev–Trinajstić information content (AvgIpc) is 3.07. The van der Waals surface area contributed by atoms with Gasteiger partial charge in [-0.05, 0) is 31.2 Å². The van der Waals surface area contributed by atoms with Crippen LogP contribution >= 0.6 is 0 Å². The molecule has 6 heteroatoms. The molecule has 2 aliphatic rings. The molecule has 0 aliphatic carbocycles. The number of hydrogen-bond acceptors (Lipinski definition) is 5. The summed E-state index contributed by atoms with van der Waals surface area (Å²) < 4.78 is 0. The lowest BCUT2D eigenvalue weighted by Gasteiger charge is -2.38. The van der Waals surface area contributed by atoms with Crippen LogP contribution in [0.4, 0.5) is 5.69 Å². The highest BCUT2D eigenvalue weighted by molar-refractivity contribution is 6.09. The van der Waals surface area contributed by atoms with Crippen molar-refractivity contribution < 1.29 is 14.4 Å². The Bertz CT molecular complexity index is 903. The Morgan fingerprint density at radius 2 is 1.52 bits per heavy atom. The van der Waals surface area contributed by atoms with Crippen LogP contribution in [0, 0.1) is 0 Å². The maximum Gasteiger partial charge on any atom is 0.247 e. The Kier molecular flexibility index (Phi) is 5.45. The van der Waals surface area contributed by atoms with Crippen molar-refractivity contribution in [1.29, 1.82) is 0 Å². The summed E-state index contributed by atoms with van der Waals surface area (Å²) in [4.78, 5) is 42.7. The predicted octanol–water partition coefficient (Wildman–Crippen LogP) is 2.19. The molecule has 0 N–H and O–H groups in total. The highest BCUT2D eigenvalue weighted by atomic mass is 16.2. The Hall–Kier alpha value is -2.99. The van der Waals surface area contributed by atoms with Crippen molar-refractivity contribution >= 4 is 23.3 Å². The summed E-state index contributed by atoms with van der Waals surface area (Å²) in [6.07, 6.45) is 0.295. The molecule has 2 aromatic rings. The van der Waals surface area contributed by atoms with Gasteiger partial charge in [0.05, 0.1) is 12.5 Å². The van der Waals surface area contributed by atoms with E-state index in [1.165, 1.54) is 4.90 Å². The van der Waals surface area contributed by atoms with Gasteiger partial charge in [-0.2, -0.15) is 0 Å². The fourth-order valence-corrected chi connectivity index (χ4v) is 4.15. The molecule has 4 rings (SSSR count). The molecule has 0 unspecified atom stereocenters. The number of rotatable bonds is 5. The number of ketones is 1. The van der Waals surface area contributed by atoms with Crippen molar-refractivity contribution in [1.82, 2.24) is 9.80 Å². The first-order valence-corrected chi connectivity index (χ1v) is 10.1. The van der Waals surface area contributed by atoms with Gasteiger partial charge in [-0.25, -0.2) is 0 Å². The van der Waals surface area contributed by atoms with Gasteiger partial charge in [-0.3, -0.25) is 24.2 Å². The van der Waals surface area contributed by atoms with E-state index < -0.39 is 0 Å². The van der Waals surface area contributed by atoms with Crippen LogP contribution < -0.4 is 4.90 Å². The lowest BCUT2D eigenvalue weighted by molar-refractivity contribution is -0.139. The number of imide groups is 1. The second kappa shape index (κ2) is 8.17. The summed E-state index contributed by atoms with van der Waals surface area (Å²) in [5.41, 5.74) is 2.43. The molecule has 0 radical (unpaired) electrons. The first-order valence-electron chi connectivity index (χ1n) is 10.1. The molecule has 6 nitrogen and oxygen atoms in total. The molecule has 2 saturated heterocycles. The summed E-state index contributed by atoms with van der Waals surface area (Å²) in [5.74, 6) is -0.106. The summed E-state index contributed by atoms with van der Waals surface area (Å²) in [7, 11) is 0. The van der Waals surface area contributed by atoms with Gasteiger partial charge in [-0.1, -0.05) is 30.3 Å². The molecule has 2 aliphatic heterocycles. The van der Waals surface area contributed by atoms with E-state index in [-0.39, 0.29) is 23.6 Å². The van der Waals surface area contributed by atoms with Crippen LogP contribution in [0.1, 0.15) is 29.3 Å². The Morgan fingerprint density at radius 1 is 0.897 bits per heavy atom. The first kappa shape index (κ1) is 19.3. The monoisotopic (exact) mass is 391 g/mol. The summed E-state index contributed by atoms with van der Waals surface area (Å²) in [6, 6.07) is 16.7. The third-order valence-electron chi connectivity index (χ3n) is 5.82. The first-order chi connectivity index (χ1) is 14.1. The fourth-order valence-electron chi connectivity index (χ4n) is 4.15. The molecule has 0 bridgehead atoms. The van der Waals surface area contributed by atoms with Crippen molar-refractivity contribution in [2.45, 2.75) is 19.4 Å². The van der Waals surface area contributed by atoms with E-state index in [4.69, 9.17) is 0 Å². The van der Waals surface area contributed by atoms with Crippen LogP contribution in [-0.4, -0.2) is 66.2 Å². The molecule has 150 valence electrons. The van der Waals surface area contributed by atoms with Crippen LogP contribution in [0.5, 0.6) is 0 Å². The molecular weight excluding hydrogens is 366 g/mol. The molecule has 2 heterocycles. The van der Waals surface area contributed by atoms with Crippen LogP contribution in [0.15, 0.2) is 54.6 Å². The van der Waals surface area contributed by atoms with Gasteiger partial charge >= 0.3 is 0 Å². The Balaban J connectivity index is 1.37. The summed E-state index contributed by atoms with van der Waals surface area (Å²) >= 11 is 0. The zero-order valence-electron chi connectivity index (χ0n) is 16.6. The number of likely N-dealkylation sites (N-methyl/N-ethyl adjacent to an activating group) is 1. The highest BCUT2D eigenvalue weighted by Gasteiger charge is 2.41. The molecule has 0 aromatic heterocycles. The third kappa shape index (κ3) is 3.80. The number of likely N-dealkylation sites (tertiary alicyclic amines) is 1. The normalized spacial score (nSPS) is 20.4. The lowest BCUT2D eigenvalue weighted by Crippen LogP contribution is -2.52. The molecular formula is C23H25N3O3. The lowest BCUT2D eigenvalue weighted by atomic mass is 10.0. The second-order valence-electron chi connectivity index (χ2n) is 7.46. The maximum absolute atomic E-state index is 12.5. The third-order valence-corrected chi connectivity index (χ3v) is 5.82. The number of piperazine rings is 1. The number of nitrogens with zero attached hydrogens (tertiary/aromatic N) is 3. The predicted molar refractivity (Wildman–Crippen MR) is 111 cm³/mol. The Labute approximate surface area is 170 Å². The van der Waals surface area contributed by atoms with E-state index in [1.807, 2.05) is 61.5 Å². The number of benzene rings is 2. The average molecular weight is 391 g/mol. The number of anilines is 1. The number of amides is 2.